The summed E-state index contributed by atoms with van der Waals surface area (Å²) in [5.41, 5.74) is 4.76. The molecule has 0 saturated heterocycles. The van der Waals surface area contributed by atoms with Crippen LogP contribution < -0.4 is 0 Å². The van der Waals surface area contributed by atoms with Crippen LogP contribution in [0.4, 0.5) is 22.2 Å². The van der Waals surface area contributed by atoms with E-state index in [1.54, 1.807) is 23.6 Å². The number of hydrogen-bond donors (Lipinski definition) is 1. The van der Waals surface area contributed by atoms with Gasteiger partial charge in [0.05, 0.1) is 20.8 Å². The molecule has 0 aliphatic carbocycles. The van der Waals surface area contributed by atoms with Crippen LogP contribution in [0.3, 0.4) is 0 Å². The van der Waals surface area contributed by atoms with Crippen molar-refractivity contribution in [2.24, 2.45) is 15.2 Å². The van der Waals surface area contributed by atoms with Gasteiger partial charge in [0.25, 0.3) is 5.69 Å². The number of aromatic nitrogens is 2. The minimum absolute atomic E-state index is 0.0146. The van der Waals surface area contributed by atoms with E-state index in [2.05, 4.69) is 25.2 Å². The molecule has 0 spiro atoms. The molecule has 0 saturated carbocycles. The number of aromatic amines is 1. The molecule has 8 nitrogen and oxygen atoms in total. The molecule has 1 N–H and O–H groups in total. The van der Waals surface area contributed by atoms with Crippen LogP contribution in [0.2, 0.25) is 0 Å². The van der Waals surface area contributed by atoms with Crippen molar-refractivity contribution in [3.05, 3.63) is 88.6 Å². The van der Waals surface area contributed by atoms with Crippen molar-refractivity contribution in [1.29, 1.82) is 0 Å². The maximum absolute atomic E-state index is 11.0. The first-order valence-corrected chi connectivity index (χ1v) is 10.6. The molecule has 156 valence electrons. The summed E-state index contributed by atoms with van der Waals surface area (Å²) in [5, 5.41) is 20.9. The van der Waals surface area contributed by atoms with Crippen molar-refractivity contribution >= 4 is 60.4 Å². The van der Waals surface area contributed by atoms with Gasteiger partial charge >= 0.3 is 0 Å². The van der Waals surface area contributed by atoms with E-state index in [1.165, 1.54) is 12.1 Å². The summed E-state index contributed by atoms with van der Waals surface area (Å²) in [4.78, 5) is 22.9. The number of nitro groups is 1. The Morgan fingerprint density at radius 2 is 1.88 bits per heavy atom. The third kappa shape index (κ3) is 3.88. The lowest BCUT2D eigenvalue weighted by atomic mass is 10.1. The predicted octanol–water partition coefficient (Wildman–Crippen LogP) is 7.24. The van der Waals surface area contributed by atoms with Crippen LogP contribution in [0.5, 0.6) is 0 Å². The SMILES string of the molecule is C/C(=N/c1nc2ccccc2s1)c1ccc(N=Nc2c[nH]c3ccc([N+](=O)[O-])cc23)cc1. The highest BCUT2D eigenvalue weighted by molar-refractivity contribution is 7.22. The Bertz CT molecular complexity index is 1480. The van der Waals surface area contributed by atoms with E-state index in [4.69, 9.17) is 0 Å². The quantitative estimate of drug-likeness (QED) is 0.135. The van der Waals surface area contributed by atoms with Crippen molar-refractivity contribution in [3.63, 3.8) is 0 Å². The molecule has 0 fully saturated rings. The Labute approximate surface area is 186 Å². The molecule has 5 aromatic rings. The first-order valence-electron chi connectivity index (χ1n) is 9.75. The first kappa shape index (κ1) is 19.7. The van der Waals surface area contributed by atoms with Gasteiger partial charge in [-0.2, -0.15) is 5.11 Å². The summed E-state index contributed by atoms with van der Waals surface area (Å²) >= 11 is 1.56. The minimum atomic E-state index is -0.426. The molecule has 9 heteroatoms. The Morgan fingerprint density at radius 3 is 2.66 bits per heavy atom. The standard InChI is InChI=1S/C23H16N6O2S/c1-14(25-23-26-20-4-2-3-5-22(20)32-23)15-6-8-16(9-7-15)27-28-21-13-24-19-11-10-17(29(30)31)12-18(19)21/h2-13,24H,1H3/b25-14-,28-27?. The van der Waals surface area contributed by atoms with Crippen molar-refractivity contribution in [1.82, 2.24) is 9.97 Å². The van der Waals surface area contributed by atoms with E-state index in [-0.39, 0.29) is 5.69 Å². The average molecular weight is 440 g/mol. The monoisotopic (exact) mass is 440 g/mol. The smallest absolute Gasteiger partial charge is 0.270 e. The lowest BCUT2D eigenvalue weighted by molar-refractivity contribution is -0.384. The molecule has 0 aliphatic rings. The molecular weight excluding hydrogens is 424 g/mol. The van der Waals surface area contributed by atoms with Gasteiger partial charge in [-0.05, 0) is 42.8 Å². The van der Waals surface area contributed by atoms with Gasteiger partial charge < -0.3 is 4.98 Å². The summed E-state index contributed by atoms with van der Waals surface area (Å²) in [5.74, 6) is 0. The molecule has 2 heterocycles. The van der Waals surface area contributed by atoms with Gasteiger partial charge in [0.2, 0.25) is 5.13 Å². The number of non-ortho nitro benzene ring substituents is 1. The van der Waals surface area contributed by atoms with E-state index in [1.807, 2.05) is 55.5 Å². The molecule has 0 unspecified atom stereocenters. The number of H-pyrrole nitrogens is 1. The number of nitrogens with one attached hydrogen (secondary N) is 1. The largest absolute Gasteiger partial charge is 0.359 e. The maximum atomic E-state index is 11.0. The average Bonchev–Trinajstić information content (AvgIpc) is 3.40. The van der Waals surface area contributed by atoms with Gasteiger partial charge in [0.1, 0.15) is 5.69 Å². The zero-order valence-electron chi connectivity index (χ0n) is 16.9. The van der Waals surface area contributed by atoms with E-state index in [0.29, 0.717) is 16.8 Å². The molecule has 5 rings (SSSR count). The zero-order valence-corrected chi connectivity index (χ0v) is 17.7. The van der Waals surface area contributed by atoms with Crippen LogP contribution in [0, 0.1) is 10.1 Å². The van der Waals surface area contributed by atoms with Crippen molar-refractivity contribution in [2.75, 3.05) is 0 Å². The number of rotatable bonds is 5. The van der Waals surface area contributed by atoms with E-state index < -0.39 is 4.92 Å². The number of azo groups is 1. The molecule has 0 atom stereocenters. The highest BCUT2D eigenvalue weighted by Crippen LogP contribution is 2.31. The zero-order chi connectivity index (χ0) is 22.1. The molecule has 2 aromatic heterocycles. The summed E-state index contributed by atoms with van der Waals surface area (Å²) in [6.07, 6.45) is 1.68. The van der Waals surface area contributed by atoms with Crippen molar-refractivity contribution in [2.45, 2.75) is 6.92 Å². The second-order valence-electron chi connectivity index (χ2n) is 7.07. The third-order valence-electron chi connectivity index (χ3n) is 4.96. The number of para-hydroxylation sites is 1. The maximum Gasteiger partial charge on any atom is 0.270 e. The number of benzene rings is 3. The lowest BCUT2D eigenvalue weighted by Gasteiger charge is -2.00. The fraction of sp³-hybridized carbons (Fsp3) is 0.0435. The van der Waals surface area contributed by atoms with E-state index >= 15 is 0 Å². The fourth-order valence-electron chi connectivity index (χ4n) is 3.29. The number of aliphatic imine (C=N–C) groups is 1. The van der Waals surface area contributed by atoms with Gasteiger partial charge in [-0.1, -0.05) is 35.6 Å². The fourth-order valence-corrected chi connectivity index (χ4v) is 4.18. The number of nitrogens with zero attached hydrogens (tertiary/aromatic N) is 5. The van der Waals surface area contributed by atoms with Crippen molar-refractivity contribution < 1.29 is 4.92 Å². The topological polar surface area (TPSA) is 109 Å². The first-order chi connectivity index (χ1) is 15.6. The number of fused-ring (bicyclic) bond motifs is 2. The number of hydrogen-bond acceptors (Lipinski definition) is 7. The highest BCUT2D eigenvalue weighted by Gasteiger charge is 2.10. The summed E-state index contributed by atoms with van der Waals surface area (Å²) in [6.45, 7) is 1.95. The normalized spacial score (nSPS) is 12.2. The minimum Gasteiger partial charge on any atom is -0.359 e. The number of nitro benzene ring substituents is 1. The van der Waals surface area contributed by atoms with Gasteiger partial charge in [0.15, 0.2) is 0 Å². The Morgan fingerprint density at radius 1 is 1.06 bits per heavy atom. The second kappa shape index (κ2) is 8.12. The Kier molecular flexibility index (Phi) is 5.00. The molecule has 0 amide bonds. The Balaban J connectivity index is 1.36. The van der Waals surface area contributed by atoms with Crippen LogP contribution in [-0.2, 0) is 0 Å². The second-order valence-corrected chi connectivity index (χ2v) is 8.08. The molecule has 32 heavy (non-hydrogen) atoms. The molecule has 0 aliphatic heterocycles. The van der Waals surface area contributed by atoms with Gasteiger partial charge in [0, 0.05) is 34.9 Å². The third-order valence-corrected chi connectivity index (χ3v) is 5.89. The molecular formula is C23H16N6O2S. The van der Waals surface area contributed by atoms with Crippen molar-refractivity contribution in [3.8, 4) is 0 Å². The highest BCUT2D eigenvalue weighted by atomic mass is 32.1. The number of thiazole rings is 1. The molecule has 0 radical (unpaired) electrons. The van der Waals surface area contributed by atoms with Crippen LogP contribution in [0.25, 0.3) is 21.1 Å². The van der Waals surface area contributed by atoms with Crippen LogP contribution in [0.1, 0.15) is 12.5 Å². The van der Waals surface area contributed by atoms with E-state index in [9.17, 15) is 10.1 Å². The van der Waals surface area contributed by atoms with Crippen LogP contribution in [0.15, 0.2) is 88.1 Å². The summed E-state index contributed by atoms with van der Waals surface area (Å²) in [7, 11) is 0. The van der Waals surface area contributed by atoms with Gasteiger partial charge in [-0.15, -0.1) is 5.11 Å². The summed E-state index contributed by atoms with van der Waals surface area (Å²) < 4.78 is 1.11. The summed E-state index contributed by atoms with van der Waals surface area (Å²) in [6, 6.07) is 20.1. The van der Waals surface area contributed by atoms with E-state index in [0.717, 1.165) is 32.1 Å². The van der Waals surface area contributed by atoms with Gasteiger partial charge in [-0.25, -0.2) is 9.98 Å². The molecule has 0 bridgehead atoms. The van der Waals surface area contributed by atoms with Crippen LogP contribution >= 0.6 is 11.3 Å². The lowest BCUT2D eigenvalue weighted by Crippen LogP contribution is -1.92. The van der Waals surface area contributed by atoms with Gasteiger partial charge in [-0.3, -0.25) is 10.1 Å². The Hall–Kier alpha value is -4.24. The predicted molar refractivity (Wildman–Crippen MR) is 127 cm³/mol. The van der Waals surface area contributed by atoms with Crippen LogP contribution in [-0.4, -0.2) is 20.6 Å². The molecule has 3 aromatic carbocycles.